The summed E-state index contributed by atoms with van der Waals surface area (Å²) in [7, 11) is 0. The van der Waals surface area contributed by atoms with E-state index < -0.39 is 0 Å². The third kappa shape index (κ3) is 5.85. The first-order valence-electron chi connectivity index (χ1n) is 9.24. The van der Waals surface area contributed by atoms with E-state index in [1.807, 2.05) is 25.1 Å². The number of aryl methyl sites for hydroxylation is 2. The van der Waals surface area contributed by atoms with E-state index in [9.17, 15) is 4.79 Å². The molecule has 0 unspecified atom stereocenters. The summed E-state index contributed by atoms with van der Waals surface area (Å²) in [6, 6.07) is 7.48. The molecule has 126 valence electrons. The van der Waals surface area contributed by atoms with Crippen LogP contribution in [0.5, 0.6) is 0 Å². The van der Waals surface area contributed by atoms with Crippen molar-refractivity contribution in [3.63, 3.8) is 0 Å². The van der Waals surface area contributed by atoms with Crippen molar-refractivity contribution in [2.45, 2.75) is 78.1 Å². The average Bonchev–Trinajstić information content (AvgIpc) is 2.54. The van der Waals surface area contributed by atoms with Gasteiger partial charge in [0.05, 0.1) is 5.39 Å². The molecule has 1 aromatic heterocycles. The van der Waals surface area contributed by atoms with E-state index in [2.05, 4.69) is 6.92 Å². The molecule has 1 aromatic carbocycles. The first-order valence-corrected chi connectivity index (χ1v) is 9.24. The van der Waals surface area contributed by atoms with Crippen LogP contribution in [-0.4, -0.2) is 0 Å². The first-order chi connectivity index (χ1) is 11.2. The topological polar surface area (TPSA) is 30.2 Å². The smallest absolute Gasteiger partial charge is 0.192 e. The highest BCUT2D eigenvalue weighted by Crippen LogP contribution is 2.16. The van der Waals surface area contributed by atoms with Gasteiger partial charge in [0.15, 0.2) is 5.43 Å². The lowest BCUT2D eigenvalue weighted by molar-refractivity contribution is 0.508. The largest absolute Gasteiger partial charge is 0.461 e. The van der Waals surface area contributed by atoms with E-state index in [0.717, 1.165) is 24.2 Å². The van der Waals surface area contributed by atoms with Gasteiger partial charge in [0, 0.05) is 12.5 Å². The zero-order valence-electron chi connectivity index (χ0n) is 14.7. The highest BCUT2D eigenvalue weighted by atomic mass is 16.3. The monoisotopic (exact) mass is 314 g/mol. The van der Waals surface area contributed by atoms with Crippen molar-refractivity contribution in [1.29, 1.82) is 0 Å². The molecule has 0 radical (unpaired) electrons. The molecule has 0 atom stereocenters. The number of hydrogen-bond donors (Lipinski definition) is 0. The summed E-state index contributed by atoms with van der Waals surface area (Å²) in [5.74, 6) is 0.828. The summed E-state index contributed by atoms with van der Waals surface area (Å²) < 4.78 is 5.87. The third-order valence-electron chi connectivity index (χ3n) is 4.46. The van der Waals surface area contributed by atoms with Crippen LogP contribution in [0.1, 0.15) is 76.0 Å². The molecule has 2 aromatic rings. The molecule has 23 heavy (non-hydrogen) atoms. The van der Waals surface area contributed by atoms with Gasteiger partial charge < -0.3 is 4.42 Å². The molecule has 0 spiro atoms. The van der Waals surface area contributed by atoms with E-state index in [4.69, 9.17) is 4.42 Å². The quantitative estimate of drug-likeness (QED) is 0.490. The zero-order chi connectivity index (χ0) is 16.5. The Morgan fingerprint density at radius 2 is 1.52 bits per heavy atom. The van der Waals surface area contributed by atoms with Crippen molar-refractivity contribution in [3.8, 4) is 0 Å². The molecule has 0 saturated heterocycles. The Bertz CT molecular complexity index is 654. The molecule has 0 aliphatic rings. The van der Waals surface area contributed by atoms with Gasteiger partial charge in [-0.1, -0.05) is 69.9 Å². The van der Waals surface area contributed by atoms with Gasteiger partial charge in [0.2, 0.25) is 0 Å². The van der Waals surface area contributed by atoms with E-state index >= 15 is 0 Å². The maximum Gasteiger partial charge on any atom is 0.192 e. The highest BCUT2D eigenvalue weighted by Gasteiger charge is 2.05. The number of rotatable bonds is 10. The number of hydrogen-bond acceptors (Lipinski definition) is 2. The van der Waals surface area contributed by atoms with Gasteiger partial charge in [0.25, 0.3) is 0 Å². The Balaban J connectivity index is 1.73. The maximum atomic E-state index is 12.2. The van der Waals surface area contributed by atoms with Crippen molar-refractivity contribution in [1.82, 2.24) is 0 Å². The van der Waals surface area contributed by atoms with Crippen LogP contribution in [-0.2, 0) is 6.42 Å². The van der Waals surface area contributed by atoms with Gasteiger partial charge in [-0.25, -0.2) is 0 Å². The van der Waals surface area contributed by atoms with E-state index in [-0.39, 0.29) is 5.43 Å². The molecule has 0 bridgehead atoms. The number of benzene rings is 1. The molecule has 2 nitrogen and oxygen atoms in total. The van der Waals surface area contributed by atoms with Crippen LogP contribution in [0.15, 0.2) is 33.5 Å². The summed E-state index contributed by atoms with van der Waals surface area (Å²) in [6.07, 6.45) is 12.7. The second-order valence-corrected chi connectivity index (χ2v) is 6.66. The summed E-state index contributed by atoms with van der Waals surface area (Å²) >= 11 is 0. The van der Waals surface area contributed by atoms with Gasteiger partial charge in [-0.05, 0) is 25.5 Å². The highest BCUT2D eigenvalue weighted by molar-refractivity contribution is 5.77. The number of unbranched alkanes of at least 4 members (excludes halogenated alkanes) is 8. The summed E-state index contributed by atoms with van der Waals surface area (Å²) in [6.45, 7) is 4.25. The van der Waals surface area contributed by atoms with Crippen LogP contribution in [0.2, 0.25) is 0 Å². The van der Waals surface area contributed by atoms with Crippen molar-refractivity contribution < 1.29 is 4.42 Å². The van der Waals surface area contributed by atoms with Crippen LogP contribution in [0.25, 0.3) is 11.0 Å². The minimum absolute atomic E-state index is 0.0841. The van der Waals surface area contributed by atoms with Gasteiger partial charge in [0.1, 0.15) is 11.3 Å². The van der Waals surface area contributed by atoms with E-state index in [0.29, 0.717) is 11.0 Å². The predicted molar refractivity (Wildman–Crippen MR) is 98.2 cm³/mol. The Labute approximate surface area is 139 Å². The van der Waals surface area contributed by atoms with Gasteiger partial charge in [-0.15, -0.1) is 0 Å². The second kappa shape index (κ2) is 9.54. The molecule has 0 aliphatic heterocycles. The average molecular weight is 314 g/mol. The third-order valence-corrected chi connectivity index (χ3v) is 4.46. The molecule has 2 heteroatoms. The fraction of sp³-hybridized carbons (Fsp3) is 0.571. The minimum atomic E-state index is 0.0841. The SMILES string of the molecule is CCCCCCCCCCCc1cc(=O)c2cc(C)ccc2o1. The van der Waals surface area contributed by atoms with Crippen LogP contribution in [0.4, 0.5) is 0 Å². The lowest BCUT2D eigenvalue weighted by atomic mass is 10.1. The van der Waals surface area contributed by atoms with Gasteiger partial charge >= 0.3 is 0 Å². The zero-order valence-corrected chi connectivity index (χ0v) is 14.7. The molecular formula is C21H30O2. The fourth-order valence-electron chi connectivity index (χ4n) is 3.05. The van der Waals surface area contributed by atoms with E-state index in [1.165, 1.54) is 51.4 Å². The maximum absolute atomic E-state index is 12.2. The lowest BCUT2D eigenvalue weighted by Crippen LogP contribution is -2.02. The van der Waals surface area contributed by atoms with Gasteiger partial charge in [-0.2, -0.15) is 0 Å². The Hall–Kier alpha value is -1.57. The minimum Gasteiger partial charge on any atom is -0.461 e. The second-order valence-electron chi connectivity index (χ2n) is 6.66. The van der Waals surface area contributed by atoms with Crippen LogP contribution in [0.3, 0.4) is 0 Å². The van der Waals surface area contributed by atoms with Crippen LogP contribution < -0.4 is 5.43 Å². The standard InChI is InChI=1S/C21H30O2/c1-3-4-5-6-7-8-9-10-11-12-18-16-20(22)19-15-17(2)13-14-21(19)23-18/h13-16H,3-12H2,1-2H3. The van der Waals surface area contributed by atoms with Gasteiger partial charge in [-0.3, -0.25) is 4.79 Å². The van der Waals surface area contributed by atoms with Crippen molar-refractivity contribution in [2.75, 3.05) is 0 Å². The molecule has 0 N–H and O–H groups in total. The lowest BCUT2D eigenvalue weighted by Gasteiger charge is -2.04. The molecule has 2 rings (SSSR count). The summed E-state index contributed by atoms with van der Waals surface area (Å²) in [4.78, 5) is 12.2. The van der Waals surface area contributed by atoms with Crippen molar-refractivity contribution in [3.05, 3.63) is 45.8 Å². The predicted octanol–water partition coefficient (Wildman–Crippen LogP) is 6.17. The van der Waals surface area contributed by atoms with Crippen molar-refractivity contribution in [2.24, 2.45) is 0 Å². The number of fused-ring (bicyclic) bond motifs is 1. The summed E-state index contributed by atoms with van der Waals surface area (Å²) in [5, 5.41) is 0.695. The molecule has 0 amide bonds. The summed E-state index contributed by atoms with van der Waals surface area (Å²) in [5.41, 5.74) is 1.89. The Morgan fingerprint density at radius 1 is 0.870 bits per heavy atom. The Morgan fingerprint density at radius 3 is 2.22 bits per heavy atom. The van der Waals surface area contributed by atoms with Crippen molar-refractivity contribution >= 4 is 11.0 Å². The molecule has 1 heterocycles. The fourth-order valence-corrected chi connectivity index (χ4v) is 3.05. The van der Waals surface area contributed by atoms with Crippen LogP contribution in [0, 0.1) is 6.92 Å². The normalized spacial score (nSPS) is 11.2. The molecule has 0 saturated carbocycles. The Kier molecular flexibility index (Phi) is 7.38. The first kappa shape index (κ1) is 17.8. The molecule has 0 fully saturated rings. The molecule has 0 aliphatic carbocycles. The molecular weight excluding hydrogens is 284 g/mol. The van der Waals surface area contributed by atoms with E-state index in [1.54, 1.807) is 6.07 Å². The van der Waals surface area contributed by atoms with Crippen LogP contribution >= 0.6 is 0 Å².